The molecular weight excluding hydrogens is 322 g/mol. The van der Waals surface area contributed by atoms with E-state index in [1.807, 2.05) is 6.07 Å². The third kappa shape index (κ3) is 3.48. The van der Waals surface area contributed by atoms with Crippen LogP contribution in [0.15, 0.2) is 36.5 Å². The number of hydrogen-bond acceptors (Lipinski definition) is 6. The van der Waals surface area contributed by atoms with E-state index >= 15 is 0 Å². The van der Waals surface area contributed by atoms with Crippen LogP contribution in [-0.4, -0.2) is 49.2 Å². The minimum atomic E-state index is -0.107. The van der Waals surface area contributed by atoms with Crippen molar-refractivity contribution in [2.75, 3.05) is 27.3 Å². The third-order valence-electron chi connectivity index (χ3n) is 3.92. The van der Waals surface area contributed by atoms with Crippen LogP contribution < -0.4 is 14.2 Å². The van der Waals surface area contributed by atoms with Crippen LogP contribution in [-0.2, 0) is 0 Å². The number of hydrogen-bond donors (Lipinski definition) is 0. The molecule has 0 aliphatic carbocycles. The smallest absolute Gasteiger partial charge is 0.254 e. The van der Waals surface area contributed by atoms with Gasteiger partial charge in [-0.3, -0.25) is 4.79 Å². The molecule has 1 saturated heterocycles. The number of carbonyl (C=O) groups excluding carboxylic acids is 1. The first-order chi connectivity index (χ1) is 12.1. The molecule has 0 N–H and O–H groups in total. The van der Waals surface area contributed by atoms with Gasteiger partial charge in [0.25, 0.3) is 5.91 Å². The number of aromatic nitrogens is 1. The molecule has 0 spiro atoms. The van der Waals surface area contributed by atoms with Crippen molar-refractivity contribution in [3.8, 4) is 23.4 Å². The number of nitrogens with zero attached hydrogens (tertiary/aromatic N) is 3. The van der Waals surface area contributed by atoms with E-state index in [1.54, 1.807) is 42.3 Å². The summed E-state index contributed by atoms with van der Waals surface area (Å²) >= 11 is 0. The Labute approximate surface area is 145 Å². The lowest BCUT2D eigenvalue weighted by molar-refractivity contribution is 0.0160. The summed E-state index contributed by atoms with van der Waals surface area (Å²) in [4.78, 5) is 18.3. The average molecular weight is 339 g/mol. The lowest BCUT2D eigenvalue weighted by Crippen LogP contribution is -2.56. The Morgan fingerprint density at radius 2 is 1.96 bits per heavy atom. The van der Waals surface area contributed by atoms with Gasteiger partial charge in [0.05, 0.1) is 32.9 Å². The molecule has 2 heterocycles. The molecule has 1 aromatic carbocycles. The largest absolute Gasteiger partial charge is 0.493 e. The van der Waals surface area contributed by atoms with Gasteiger partial charge < -0.3 is 19.1 Å². The molecule has 3 rings (SSSR count). The Hall–Kier alpha value is -3.27. The Morgan fingerprint density at radius 1 is 1.20 bits per heavy atom. The quantitative estimate of drug-likeness (QED) is 0.827. The zero-order chi connectivity index (χ0) is 17.8. The summed E-state index contributed by atoms with van der Waals surface area (Å²) in [5.41, 5.74) is 1.01. The highest BCUT2D eigenvalue weighted by molar-refractivity contribution is 5.95. The van der Waals surface area contributed by atoms with Crippen LogP contribution in [0.25, 0.3) is 0 Å². The Balaban J connectivity index is 1.58. The van der Waals surface area contributed by atoms with Gasteiger partial charge in [-0.25, -0.2) is 4.98 Å². The van der Waals surface area contributed by atoms with Crippen LogP contribution in [0.2, 0.25) is 0 Å². The zero-order valence-corrected chi connectivity index (χ0v) is 13.9. The second-order valence-electron chi connectivity index (χ2n) is 5.52. The van der Waals surface area contributed by atoms with Crippen LogP contribution in [0.1, 0.15) is 15.9 Å². The molecule has 0 atom stereocenters. The Morgan fingerprint density at radius 3 is 2.56 bits per heavy atom. The molecule has 0 bridgehead atoms. The molecule has 1 aliphatic heterocycles. The lowest BCUT2D eigenvalue weighted by atomic mass is 10.1. The van der Waals surface area contributed by atoms with Crippen molar-refractivity contribution in [3.63, 3.8) is 0 Å². The molecule has 1 aromatic heterocycles. The number of carbonyl (C=O) groups is 1. The summed E-state index contributed by atoms with van der Waals surface area (Å²) in [7, 11) is 3.08. The van der Waals surface area contributed by atoms with E-state index in [-0.39, 0.29) is 12.0 Å². The number of pyridine rings is 1. The Kier molecular flexibility index (Phi) is 4.70. The number of likely N-dealkylation sites (tertiary alicyclic amines) is 1. The molecule has 0 radical (unpaired) electrons. The highest BCUT2D eigenvalue weighted by atomic mass is 16.5. The van der Waals surface area contributed by atoms with E-state index in [9.17, 15) is 4.79 Å². The van der Waals surface area contributed by atoms with Crippen LogP contribution in [0.3, 0.4) is 0 Å². The third-order valence-corrected chi connectivity index (χ3v) is 3.92. The summed E-state index contributed by atoms with van der Waals surface area (Å²) in [6.45, 7) is 0.962. The van der Waals surface area contributed by atoms with Gasteiger partial charge in [0.1, 0.15) is 12.2 Å². The molecule has 7 nitrogen and oxygen atoms in total. The number of ether oxygens (including phenoxy) is 3. The molecule has 7 heteroatoms. The maximum atomic E-state index is 12.5. The molecular formula is C18H17N3O4. The van der Waals surface area contributed by atoms with Crippen molar-refractivity contribution in [2.24, 2.45) is 0 Å². The maximum Gasteiger partial charge on any atom is 0.254 e. The number of amides is 1. The average Bonchev–Trinajstić information content (AvgIpc) is 2.63. The summed E-state index contributed by atoms with van der Waals surface area (Å²) in [5.74, 6) is 1.45. The first-order valence-electron chi connectivity index (χ1n) is 7.68. The van der Waals surface area contributed by atoms with Crippen molar-refractivity contribution in [2.45, 2.75) is 6.10 Å². The van der Waals surface area contributed by atoms with Gasteiger partial charge in [-0.2, -0.15) is 5.26 Å². The standard InChI is InChI=1S/C18H17N3O4/c1-23-15-5-4-13(7-16(15)24-2)18(22)21-10-14(11-21)25-17-6-3-12(8-19)9-20-17/h3-7,9,14H,10-11H2,1-2H3. The molecule has 128 valence electrons. The first-order valence-corrected chi connectivity index (χ1v) is 7.68. The van der Waals surface area contributed by atoms with E-state index in [0.717, 1.165) is 0 Å². The summed E-state index contributed by atoms with van der Waals surface area (Å²) in [6.07, 6.45) is 1.35. The van der Waals surface area contributed by atoms with Crippen LogP contribution in [0.5, 0.6) is 17.4 Å². The topological polar surface area (TPSA) is 84.7 Å². The van der Waals surface area contributed by atoms with Crippen molar-refractivity contribution in [1.82, 2.24) is 9.88 Å². The van der Waals surface area contributed by atoms with E-state index in [0.29, 0.717) is 41.6 Å². The Bertz CT molecular complexity index is 808. The monoisotopic (exact) mass is 339 g/mol. The molecule has 25 heavy (non-hydrogen) atoms. The first kappa shape index (κ1) is 16.6. The molecule has 0 saturated carbocycles. The summed E-state index contributed by atoms with van der Waals surface area (Å²) in [5, 5.41) is 8.75. The van der Waals surface area contributed by atoms with Gasteiger partial charge in [-0.05, 0) is 24.3 Å². The fraction of sp³-hybridized carbons (Fsp3) is 0.278. The van der Waals surface area contributed by atoms with Gasteiger partial charge in [-0.1, -0.05) is 0 Å². The number of methoxy groups -OCH3 is 2. The van der Waals surface area contributed by atoms with Crippen LogP contribution in [0.4, 0.5) is 0 Å². The van der Waals surface area contributed by atoms with Crippen molar-refractivity contribution in [3.05, 3.63) is 47.7 Å². The fourth-order valence-electron chi connectivity index (χ4n) is 2.52. The summed E-state index contributed by atoms with van der Waals surface area (Å²) < 4.78 is 16.1. The lowest BCUT2D eigenvalue weighted by Gasteiger charge is -2.38. The van der Waals surface area contributed by atoms with Crippen LogP contribution in [0, 0.1) is 11.3 Å². The predicted molar refractivity (Wildman–Crippen MR) is 88.8 cm³/mol. The maximum absolute atomic E-state index is 12.5. The van der Waals surface area contributed by atoms with Crippen molar-refractivity contribution < 1.29 is 19.0 Å². The minimum absolute atomic E-state index is 0.0893. The fourth-order valence-corrected chi connectivity index (χ4v) is 2.52. The van der Waals surface area contributed by atoms with E-state index in [4.69, 9.17) is 19.5 Å². The SMILES string of the molecule is COc1ccc(C(=O)N2CC(Oc3ccc(C#N)cn3)C2)cc1OC. The molecule has 1 fully saturated rings. The summed E-state index contributed by atoms with van der Waals surface area (Å²) in [6, 6.07) is 10.4. The zero-order valence-electron chi connectivity index (χ0n) is 13.9. The van der Waals surface area contributed by atoms with E-state index in [2.05, 4.69) is 4.98 Å². The van der Waals surface area contributed by atoms with Crippen molar-refractivity contribution in [1.29, 1.82) is 5.26 Å². The normalized spacial score (nSPS) is 13.6. The highest BCUT2D eigenvalue weighted by Gasteiger charge is 2.33. The second kappa shape index (κ2) is 7.09. The number of rotatable bonds is 5. The molecule has 2 aromatic rings. The van der Waals surface area contributed by atoms with Gasteiger partial charge >= 0.3 is 0 Å². The van der Waals surface area contributed by atoms with E-state index in [1.165, 1.54) is 13.3 Å². The minimum Gasteiger partial charge on any atom is -0.493 e. The van der Waals surface area contributed by atoms with Crippen molar-refractivity contribution >= 4 is 5.91 Å². The highest BCUT2D eigenvalue weighted by Crippen LogP contribution is 2.29. The van der Waals surface area contributed by atoms with Gasteiger partial charge in [-0.15, -0.1) is 0 Å². The molecule has 1 amide bonds. The number of nitriles is 1. The van der Waals surface area contributed by atoms with Gasteiger partial charge in [0.15, 0.2) is 11.5 Å². The molecule has 0 unspecified atom stereocenters. The predicted octanol–water partition coefficient (Wildman–Crippen LogP) is 1.87. The second-order valence-corrected chi connectivity index (χ2v) is 5.52. The van der Waals surface area contributed by atoms with Gasteiger partial charge in [0.2, 0.25) is 5.88 Å². The van der Waals surface area contributed by atoms with E-state index < -0.39 is 0 Å². The van der Waals surface area contributed by atoms with Gasteiger partial charge in [0, 0.05) is 17.8 Å². The molecule has 1 aliphatic rings. The van der Waals surface area contributed by atoms with Crippen LogP contribution >= 0.6 is 0 Å². The number of benzene rings is 1.